The number of phenolic OH excluding ortho intramolecular Hbond substituents is 1. The molecule has 0 bridgehead atoms. The van der Waals surface area contributed by atoms with Crippen LogP contribution in [0.3, 0.4) is 0 Å². The Labute approximate surface area is 103 Å². The van der Waals surface area contributed by atoms with Gasteiger partial charge in [0.15, 0.2) is 0 Å². The van der Waals surface area contributed by atoms with E-state index < -0.39 is 0 Å². The van der Waals surface area contributed by atoms with Gasteiger partial charge in [-0.15, -0.1) is 0 Å². The highest BCUT2D eigenvalue weighted by molar-refractivity contribution is 6.92. The van der Waals surface area contributed by atoms with Gasteiger partial charge in [0.25, 0.3) is 0 Å². The van der Waals surface area contributed by atoms with E-state index in [4.69, 9.17) is 0 Å². The first kappa shape index (κ1) is 15.4. The molecule has 0 aromatic heterocycles. The summed E-state index contributed by atoms with van der Waals surface area (Å²) >= 11 is 0. The quantitative estimate of drug-likeness (QED) is 0.741. The molecular formula is C14H25OP. The monoisotopic (exact) mass is 240 g/mol. The van der Waals surface area contributed by atoms with Gasteiger partial charge in [-0.25, -0.2) is 0 Å². The SMILES string of the molecule is CCCCc1ccc(O)c(CCCC)c1.P. The Morgan fingerprint density at radius 1 is 1.00 bits per heavy atom. The molecule has 2 heteroatoms. The van der Waals surface area contributed by atoms with Crippen LogP contribution in [-0.4, -0.2) is 5.11 Å². The van der Waals surface area contributed by atoms with Crippen LogP contribution in [0.1, 0.15) is 50.7 Å². The zero-order valence-electron chi connectivity index (χ0n) is 10.6. The average Bonchev–Trinajstić information content (AvgIpc) is 2.26. The van der Waals surface area contributed by atoms with Crippen molar-refractivity contribution >= 4 is 9.90 Å². The Hall–Kier alpha value is -0.550. The second-order valence-corrected chi connectivity index (χ2v) is 4.17. The van der Waals surface area contributed by atoms with Crippen molar-refractivity contribution in [3.05, 3.63) is 29.3 Å². The van der Waals surface area contributed by atoms with E-state index in [-0.39, 0.29) is 9.90 Å². The smallest absolute Gasteiger partial charge is 0.118 e. The van der Waals surface area contributed by atoms with Gasteiger partial charge in [-0.2, -0.15) is 9.90 Å². The van der Waals surface area contributed by atoms with Crippen molar-refractivity contribution in [2.24, 2.45) is 0 Å². The third-order valence-corrected chi connectivity index (χ3v) is 2.76. The highest BCUT2D eigenvalue weighted by Crippen LogP contribution is 2.21. The molecule has 0 fully saturated rings. The highest BCUT2D eigenvalue weighted by atomic mass is 31.0. The van der Waals surface area contributed by atoms with E-state index in [1.54, 1.807) is 0 Å². The Morgan fingerprint density at radius 2 is 1.62 bits per heavy atom. The van der Waals surface area contributed by atoms with Gasteiger partial charge in [0, 0.05) is 0 Å². The molecule has 1 aromatic carbocycles. The van der Waals surface area contributed by atoms with Crippen molar-refractivity contribution in [1.29, 1.82) is 0 Å². The minimum Gasteiger partial charge on any atom is -0.508 e. The van der Waals surface area contributed by atoms with E-state index in [9.17, 15) is 5.11 Å². The Balaban J connectivity index is 0.00000225. The van der Waals surface area contributed by atoms with Crippen LogP contribution < -0.4 is 0 Å². The first-order valence-corrected chi connectivity index (χ1v) is 6.08. The maximum Gasteiger partial charge on any atom is 0.118 e. The van der Waals surface area contributed by atoms with Crippen molar-refractivity contribution in [2.45, 2.75) is 52.4 Å². The van der Waals surface area contributed by atoms with Gasteiger partial charge in [-0.05, 0) is 42.9 Å². The lowest BCUT2D eigenvalue weighted by atomic mass is 10.0. The van der Waals surface area contributed by atoms with E-state index in [0.717, 1.165) is 24.8 Å². The van der Waals surface area contributed by atoms with E-state index >= 15 is 0 Å². The number of benzene rings is 1. The van der Waals surface area contributed by atoms with Gasteiger partial charge in [-0.3, -0.25) is 0 Å². The molecule has 0 amide bonds. The molecule has 1 unspecified atom stereocenters. The molecule has 1 nitrogen and oxygen atoms in total. The molecule has 1 atom stereocenters. The standard InChI is InChI=1S/C14H22O.H3P/c1-3-5-7-12-9-10-14(15)13(11-12)8-6-4-2;/h9-11,15H,3-8H2,1-2H3;1H3. The maximum absolute atomic E-state index is 9.69. The largest absolute Gasteiger partial charge is 0.508 e. The van der Waals surface area contributed by atoms with Crippen LogP contribution >= 0.6 is 9.90 Å². The number of aryl methyl sites for hydroxylation is 2. The number of aromatic hydroxyl groups is 1. The van der Waals surface area contributed by atoms with Crippen LogP contribution in [0.25, 0.3) is 0 Å². The molecule has 1 N–H and O–H groups in total. The fourth-order valence-electron chi connectivity index (χ4n) is 1.74. The average molecular weight is 240 g/mol. The molecule has 0 aliphatic rings. The van der Waals surface area contributed by atoms with Crippen LogP contribution in [0, 0.1) is 0 Å². The Kier molecular flexibility index (Phi) is 8.29. The van der Waals surface area contributed by atoms with Crippen LogP contribution in [0.5, 0.6) is 5.75 Å². The molecule has 0 spiro atoms. The second-order valence-electron chi connectivity index (χ2n) is 4.17. The molecule has 0 radical (unpaired) electrons. The van der Waals surface area contributed by atoms with Gasteiger partial charge in [-0.1, -0.05) is 38.8 Å². The number of hydrogen-bond donors (Lipinski definition) is 1. The van der Waals surface area contributed by atoms with Crippen molar-refractivity contribution in [3.63, 3.8) is 0 Å². The fourth-order valence-corrected chi connectivity index (χ4v) is 1.74. The van der Waals surface area contributed by atoms with Crippen molar-refractivity contribution in [1.82, 2.24) is 0 Å². The molecule has 0 aliphatic heterocycles. The fraction of sp³-hybridized carbons (Fsp3) is 0.571. The predicted molar refractivity (Wildman–Crippen MR) is 76.4 cm³/mol. The van der Waals surface area contributed by atoms with Gasteiger partial charge < -0.3 is 5.11 Å². The van der Waals surface area contributed by atoms with E-state index in [1.165, 1.54) is 24.8 Å². The minimum atomic E-state index is 0. The van der Waals surface area contributed by atoms with Crippen LogP contribution in [-0.2, 0) is 12.8 Å². The van der Waals surface area contributed by atoms with Gasteiger partial charge in [0.2, 0.25) is 0 Å². The zero-order valence-corrected chi connectivity index (χ0v) is 12.0. The van der Waals surface area contributed by atoms with Crippen LogP contribution in [0.4, 0.5) is 0 Å². The molecule has 1 aromatic rings. The molecule has 0 saturated carbocycles. The van der Waals surface area contributed by atoms with Crippen molar-refractivity contribution in [2.75, 3.05) is 0 Å². The van der Waals surface area contributed by atoms with Gasteiger partial charge in [0.05, 0.1) is 0 Å². The second kappa shape index (κ2) is 8.58. The minimum absolute atomic E-state index is 0. The topological polar surface area (TPSA) is 20.2 Å². The summed E-state index contributed by atoms with van der Waals surface area (Å²) < 4.78 is 0. The number of phenols is 1. The lowest BCUT2D eigenvalue weighted by Gasteiger charge is -2.07. The summed E-state index contributed by atoms with van der Waals surface area (Å²) in [5.41, 5.74) is 2.48. The van der Waals surface area contributed by atoms with E-state index in [0.29, 0.717) is 5.75 Å². The Bertz CT molecular complexity index is 297. The Morgan fingerprint density at radius 3 is 2.25 bits per heavy atom. The summed E-state index contributed by atoms with van der Waals surface area (Å²) in [5.74, 6) is 0.462. The number of rotatable bonds is 6. The summed E-state index contributed by atoms with van der Waals surface area (Å²) in [7, 11) is 0. The van der Waals surface area contributed by atoms with Gasteiger partial charge in [0.1, 0.15) is 5.75 Å². The molecule has 0 saturated heterocycles. The number of unbranched alkanes of at least 4 members (excludes halogenated alkanes) is 2. The third-order valence-electron chi connectivity index (χ3n) is 2.76. The first-order chi connectivity index (χ1) is 7.27. The third kappa shape index (κ3) is 4.99. The molecular weight excluding hydrogens is 215 g/mol. The van der Waals surface area contributed by atoms with Gasteiger partial charge >= 0.3 is 0 Å². The van der Waals surface area contributed by atoms with E-state index in [2.05, 4.69) is 19.9 Å². The predicted octanol–water partition coefficient (Wildman–Crippen LogP) is 4.14. The first-order valence-electron chi connectivity index (χ1n) is 6.08. The normalized spacial score (nSPS) is 9.88. The van der Waals surface area contributed by atoms with Crippen LogP contribution in [0.15, 0.2) is 18.2 Å². The maximum atomic E-state index is 9.69. The van der Waals surface area contributed by atoms with Crippen molar-refractivity contribution in [3.8, 4) is 5.75 Å². The summed E-state index contributed by atoms with van der Waals surface area (Å²) in [6.07, 6.45) is 6.94. The number of hydrogen-bond acceptors (Lipinski definition) is 1. The molecule has 0 aliphatic carbocycles. The molecule has 92 valence electrons. The molecule has 0 heterocycles. The lowest BCUT2D eigenvalue weighted by molar-refractivity contribution is 0.466. The summed E-state index contributed by atoms with van der Waals surface area (Å²) in [4.78, 5) is 0. The summed E-state index contributed by atoms with van der Waals surface area (Å²) in [6, 6.07) is 6.05. The highest BCUT2D eigenvalue weighted by Gasteiger charge is 2.02. The molecule has 1 rings (SSSR count). The lowest BCUT2D eigenvalue weighted by Crippen LogP contribution is -1.90. The van der Waals surface area contributed by atoms with E-state index in [1.807, 2.05) is 12.1 Å². The zero-order chi connectivity index (χ0) is 11.1. The van der Waals surface area contributed by atoms with Crippen molar-refractivity contribution < 1.29 is 5.11 Å². The summed E-state index contributed by atoms with van der Waals surface area (Å²) in [6.45, 7) is 4.39. The molecule has 16 heavy (non-hydrogen) atoms. The summed E-state index contributed by atoms with van der Waals surface area (Å²) in [5, 5.41) is 9.69. The van der Waals surface area contributed by atoms with Crippen LogP contribution in [0.2, 0.25) is 0 Å².